The van der Waals surface area contributed by atoms with Gasteiger partial charge in [0.05, 0.1) is 22.7 Å². The summed E-state index contributed by atoms with van der Waals surface area (Å²) in [6.45, 7) is 4.65. The molecule has 10 aromatic carbocycles. The van der Waals surface area contributed by atoms with E-state index in [0.29, 0.717) is 0 Å². The topological polar surface area (TPSA) is 6.48 Å². The molecular weight excluding hydrogens is 725 g/mol. The van der Waals surface area contributed by atoms with E-state index < -0.39 is 0 Å². The molecule has 0 heterocycles. The predicted octanol–water partition coefficient (Wildman–Crippen LogP) is 15.9. The quantitative estimate of drug-likeness (QED) is 0.142. The average Bonchev–Trinajstić information content (AvgIpc) is 3.99. The van der Waals surface area contributed by atoms with Crippen LogP contribution >= 0.6 is 0 Å². The fourth-order valence-electron chi connectivity index (χ4n) is 11.1. The molecule has 0 aromatic heterocycles. The first-order valence-corrected chi connectivity index (χ1v) is 22.2. The molecule has 0 radical (unpaired) electrons. The van der Waals surface area contributed by atoms with E-state index in [1.54, 1.807) is 0 Å². The molecule has 2 heteroatoms. The van der Waals surface area contributed by atoms with Crippen molar-refractivity contribution in [2.45, 2.75) is 65.2 Å². The zero-order valence-electron chi connectivity index (χ0n) is 34.6. The van der Waals surface area contributed by atoms with Crippen LogP contribution in [0.4, 0.5) is 34.1 Å². The number of nitrogens with zero attached hydrogens (tertiary/aromatic N) is 2. The first-order chi connectivity index (χ1) is 29.7. The molecule has 2 aliphatic rings. The largest absolute Gasteiger partial charge is 0.309 e. The lowest BCUT2D eigenvalue weighted by Crippen LogP contribution is -2.13. The third-order valence-corrected chi connectivity index (χ3v) is 14.0. The minimum absolute atomic E-state index is 0.944. The molecule has 0 saturated heterocycles. The maximum atomic E-state index is 2.58. The molecule has 0 amide bonds. The average molecular weight is 773 g/mol. The Morgan fingerprint density at radius 1 is 0.350 bits per heavy atom. The maximum Gasteiger partial charge on any atom is 0.0543 e. The van der Waals surface area contributed by atoms with Crippen LogP contribution in [0.2, 0.25) is 0 Å². The van der Waals surface area contributed by atoms with Crippen molar-refractivity contribution < 1.29 is 0 Å². The number of rotatable bonds is 8. The first kappa shape index (κ1) is 35.3. The Kier molecular flexibility index (Phi) is 8.23. The number of hydrogen-bond acceptors (Lipinski definition) is 2. The molecule has 0 fully saturated rings. The molecule has 12 rings (SSSR count). The van der Waals surface area contributed by atoms with Crippen molar-refractivity contribution in [3.05, 3.63) is 191 Å². The lowest BCUT2D eigenvalue weighted by molar-refractivity contribution is 0.912. The minimum atomic E-state index is 0.944. The van der Waals surface area contributed by atoms with Gasteiger partial charge in [0.15, 0.2) is 0 Å². The van der Waals surface area contributed by atoms with Gasteiger partial charge in [-0.05, 0) is 166 Å². The zero-order chi connectivity index (χ0) is 39.9. The molecular formula is C58H48N2. The highest BCUT2D eigenvalue weighted by Crippen LogP contribution is 2.51. The highest BCUT2D eigenvalue weighted by atomic mass is 15.2. The smallest absolute Gasteiger partial charge is 0.0543 e. The van der Waals surface area contributed by atoms with Crippen LogP contribution < -0.4 is 9.80 Å². The predicted molar refractivity (Wildman–Crippen MR) is 257 cm³/mol. The van der Waals surface area contributed by atoms with Crippen LogP contribution in [0.15, 0.2) is 158 Å². The standard InChI is InChI=1S/C58H48N2/c1-3-37-35-55(59(45-27-25-39-15-9-19-43(39)33-45)53-23-11-17-41-13-5-7-21-47(41)53)51-32-30-50-38(4-2)36-56(52-31-29-49(37)57(51)58(50)52)60(46-28-26-40-16-10-20-44(40)34-46)54-24-12-18-42-14-6-8-22-48(42)54/h5-8,11-14,17-18,21-36H,3-4,9-10,15-16,19-20H2,1-2H3. The van der Waals surface area contributed by atoms with Crippen molar-refractivity contribution in [3.63, 3.8) is 0 Å². The van der Waals surface area contributed by atoms with Gasteiger partial charge in [-0.1, -0.05) is 123 Å². The zero-order valence-corrected chi connectivity index (χ0v) is 34.6. The van der Waals surface area contributed by atoms with Gasteiger partial charge in [0.1, 0.15) is 0 Å². The summed E-state index contributed by atoms with van der Waals surface area (Å²) in [5, 5.41) is 13.1. The van der Waals surface area contributed by atoms with E-state index in [1.807, 2.05) is 0 Å². The number of anilines is 6. The van der Waals surface area contributed by atoms with Gasteiger partial charge in [0.2, 0.25) is 0 Å². The van der Waals surface area contributed by atoms with Gasteiger partial charge in [-0.3, -0.25) is 0 Å². The van der Waals surface area contributed by atoms with Gasteiger partial charge >= 0.3 is 0 Å². The second kappa shape index (κ2) is 14.0. The monoisotopic (exact) mass is 772 g/mol. The normalized spacial score (nSPS) is 13.6. The second-order valence-corrected chi connectivity index (χ2v) is 17.2. The van der Waals surface area contributed by atoms with Gasteiger partial charge in [-0.15, -0.1) is 0 Å². The Hall–Kier alpha value is -6.64. The molecule has 10 aromatic rings. The van der Waals surface area contributed by atoms with Crippen LogP contribution in [-0.4, -0.2) is 0 Å². The number of fused-ring (bicyclic) bond motifs is 4. The van der Waals surface area contributed by atoms with E-state index in [0.717, 1.165) is 25.7 Å². The van der Waals surface area contributed by atoms with Crippen LogP contribution in [0.25, 0.3) is 53.9 Å². The molecule has 2 nitrogen and oxygen atoms in total. The SMILES string of the molecule is CCc1cc(N(c2ccc3c(c2)CCC3)c2cccc3ccccc23)c2ccc3c(CC)cc(N(c4ccc5c(c4)CCC5)c4cccc5ccccc45)c4ccc1c2c34. The van der Waals surface area contributed by atoms with Crippen molar-refractivity contribution in [2.75, 3.05) is 9.80 Å². The van der Waals surface area contributed by atoms with Crippen molar-refractivity contribution in [1.29, 1.82) is 0 Å². The van der Waals surface area contributed by atoms with Crippen molar-refractivity contribution in [1.82, 2.24) is 0 Å². The summed E-state index contributed by atoms with van der Waals surface area (Å²) in [7, 11) is 0. The van der Waals surface area contributed by atoms with Gasteiger partial charge in [0, 0.05) is 32.9 Å². The van der Waals surface area contributed by atoms with Crippen LogP contribution in [0, 0.1) is 0 Å². The van der Waals surface area contributed by atoms with Crippen molar-refractivity contribution in [3.8, 4) is 0 Å². The molecule has 60 heavy (non-hydrogen) atoms. The Labute approximate surface area is 352 Å². The number of benzene rings is 10. The summed E-state index contributed by atoms with van der Waals surface area (Å²) in [5.74, 6) is 0. The lowest BCUT2D eigenvalue weighted by Gasteiger charge is -2.32. The lowest BCUT2D eigenvalue weighted by atomic mass is 9.86. The van der Waals surface area contributed by atoms with Gasteiger partial charge in [-0.2, -0.15) is 0 Å². The van der Waals surface area contributed by atoms with E-state index in [1.165, 1.54) is 147 Å². The summed E-state index contributed by atoms with van der Waals surface area (Å²) in [4.78, 5) is 5.17. The van der Waals surface area contributed by atoms with Crippen LogP contribution in [0.3, 0.4) is 0 Å². The fourth-order valence-corrected chi connectivity index (χ4v) is 11.1. The minimum Gasteiger partial charge on any atom is -0.309 e. The van der Waals surface area contributed by atoms with Gasteiger partial charge in [-0.25, -0.2) is 0 Å². The van der Waals surface area contributed by atoms with E-state index in [9.17, 15) is 0 Å². The Morgan fingerprint density at radius 2 is 0.767 bits per heavy atom. The van der Waals surface area contributed by atoms with Crippen LogP contribution in [0.1, 0.15) is 60.1 Å². The highest BCUT2D eigenvalue weighted by Gasteiger charge is 2.27. The Balaban J connectivity index is 1.18. The molecule has 0 spiro atoms. The molecule has 0 bridgehead atoms. The van der Waals surface area contributed by atoms with E-state index >= 15 is 0 Å². The van der Waals surface area contributed by atoms with Crippen molar-refractivity contribution >= 4 is 88.0 Å². The summed E-state index contributed by atoms with van der Waals surface area (Å²) < 4.78 is 0. The van der Waals surface area contributed by atoms with Gasteiger partial charge in [0.25, 0.3) is 0 Å². The molecule has 290 valence electrons. The molecule has 0 unspecified atom stereocenters. The third kappa shape index (κ3) is 5.40. The summed E-state index contributed by atoms with van der Waals surface area (Å²) in [6.07, 6.45) is 8.98. The van der Waals surface area contributed by atoms with Crippen LogP contribution in [0.5, 0.6) is 0 Å². The summed E-state index contributed by atoms with van der Waals surface area (Å²) in [6, 6.07) is 60.6. The molecule has 2 aliphatic carbocycles. The fraction of sp³-hybridized carbons (Fsp3) is 0.172. The van der Waals surface area contributed by atoms with E-state index in [-0.39, 0.29) is 0 Å². The molecule has 0 saturated carbocycles. The van der Waals surface area contributed by atoms with Crippen molar-refractivity contribution in [2.24, 2.45) is 0 Å². The third-order valence-electron chi connectivity index (χ3n) is 14.0. The van der Waals surface area contributed by atoms with E-state index in [2.05, 4.69) is 181 Å². The second-order valence-electron chi connectivity index (χ2n) is 17.2. The summed E-state index contributed by atoms with van der Waals surface area (Å²) >= 11 is 0. The molecule has 0 N–H and O–H groups in total. The molecule has 0 aliphatic heterocycles. The van der Waals surface area contributed by atoms with Gasteiger partial charge < -0.3 is 9.80 Å². The Morgan fingerprint density at radius 3 is 1.23 bits per heavy atom. The molecule has 0 atom stereocenters. The maximum absolute atomic E-state index is 2.58. The highest BCUT2D eigenvalue weighted by molar-refractivity contribution is 6.29. The first-order valence-electron chi connectivity index (χ1n) is 22.2. The number of hydrogen-bond donors (Lipinski definition) is 0. The van der Waals surface area contributed by atoms with E-state index in [4.69, 9.17) is 0 Å². The summed E-state index contributed by atoms with van der Waals surface area (Å²) in [5.41, 5.74) is 16.1. The van der Waals surface area contributed by atoms with Crippen LogP contribution in [-0.2, 0) is 38.5 Å². The Bertz CT molecular complexity index is 3080. The number of aryl methyl sites for hydroxylation is 6.